The molecule has 3 heterocycles. The fourth-order valence-electron chi connectivity index (χ4n) is 4.14. The van der Waals surface area contributed by atoms with Gasteiger partial charge >= 0.3 is 0 Å². The van der Waals surface area contributed by atoms with Crippen molar-refractivity contribution >= 4 is 51.5 Å². The van der Waals surface area contributed by atoms with E-state index in [-0.39, 0.29) is 24.3 Å². The van der Waals surface area contributed by atoms with Crippen molar-refractivity contribution in [3.63, 3.8) is 0 Å². The smallest absolute Gasteiger partial charge is 0.262 e. The van der Waals surface area contributed by atoms with Gasteiger partial charge in [0.05, 0.1) is 16.6 Å². The molecule has 3 aromatic rings. The van der Waals surface area contributed by atoms with Gasteiger partial charge < -0.3 is 5.32 Å². The number of carbonyl (C=O) groups excluding carboxylic acids is 2. The van der Waals surface area contributed by atoms with Crippen molar-refractivity contribution < 1.29 is 9.59 Å². The molecule has 0 bridgehead atoms. The predicted octanol–water partition coefficient (Wildman–Crippen LogP) is 5.54. The van der Waals surface area contributed by atoms with Crippen LogP contribution in [0.3, 0.4) is 0 Å². The van der Waals surface area contributed by atoms with Crippen LogP contribution >= 0.6 is 23.1 Å². The summed E-state index contributed by atoms with van der Waals surface area (Å²) >= 11 is 2.97. The van der Waals surface area contributed by atoms with Crippen molar-refractivity contribution in [3.05, 3.63) is 87.6 Å². The zero-order valence-corrected chi connectivity index (χ0v) is 20.5. The summed E-state index contributed by atoms with van der Waals surface area (Å²) in [6.45, 7) is 3.97. The summed E-state index contributed by atoms with van der Waals surface area (Å²) in [5, 5.41) is 11.7. The molecule has 2 aromatic carbocycles. The van der Waals surface area contributed by atoms with Gasteiger partial charge in [0.1, 0.15) is 5.25 Å². The molecule has 0 aliphatic carbocycles. The lowest BCUT2D eigenvalue weighted by Gasteiger charge is -2.23. The summed E-state index contributed by atoms with van der Waals surface area (Å²) in [4.78, 5) is 30.9. The zero-order chi connectivity index (χ0) is 23.7. The van der Waals surface area contributed by atoms with Crippen molar-refractivity contribution in [1.29, 1.82) is 0 Å². The molecule has 172 valence electrons. The Morgan fingerprint density at radius 3 is 2.68 bits per heavy atom. The quantitative estimate of drug-likeness (QED) is 0.512. The summed E-state index contributed by atoms with van der Waals surface area (Å²) < 4.78 is 0. The Morgan fingerprint density at radius 1 is 1.12 bits per heavy atom. The van der Waals surface area contributed by atoms with Crippen LogP contribution in [0.1, 0.15) is 40.5 Å². The Kier molecular flexibility index (Phi) is 6.34. The van der Waals surface area contributed by atoms with Crippen LogP contribution in [0, 0.1) is 13.8 Å². The van der Waals surface area contributed by atoms with E-state index in [4.69, 9.17) is 5.10 Å². The van der Waals surface area contributed by atoms with Gasteiger partial charge in [0.25, 0.3) is 5.91 Å². The van der Waals surface area contributed by atoms with Crippen LogP contribution in [0.5, 0.6) is 0 Å². The van der Waals surface area contributed by atoms with Gasteiger partial charge in [-0.05, 0) is 42.5 Å². The molecular weight excluding hydrogens is 464 g/mol. The number of hydrogen-bond donors (Lipinski definition) is 1. The van der Waals surface area contributed by atoms with Crippen LogP contribution in [0.15, 0.2) is 76.1 Å². The first kappa shape index (κ1) is 22.6. The van der Waals surface area contributed by atoms with Crippen LogP contribution in [-0.2, 0) is 9.59 Å². The minimum Gasteiger partial charge on any atom is -0.326 e. The monoisotopic (exact) mass is 488 g/mol. The van der Waals surface area contributed by atoms with Gasteiger partial charge in [0.2, 0.25) is 5.91 Å². The summed E-state index contributed by atoms with van der Waals surface area (Å²) in [7, 11) is 0. The van der Waals surface area contributed by atoms with Gasteiger partial charge in [0, 0.05) is 18.5 Å². The average Bonchev–Trinajstić information content (AvgIpc) is 3.57. The minimum absolute atomic E-state index is 0.0415. The fourth-order valence-corrected chi connectivity index (χ4v) is 5.92. The molecule has 5 rings (SSSR count). The van der Waals surface area contributed by atoms with E-state index in [1.54, 1.807) is 11.3 Å². The van der Waals surface area contributed by atoms with Crippen LogP contribution < -0.4 is 5.32 Å². The molecule has 0 radical (unpaired) electrons. The number of aryl methyl sites for hydroxylation is 2. The van der Waals surface area contributed by atoms with Gasteiger partial charge in [-0.2, -0.15) is 10.1 Å². The highest BCUT2D eigenvalue weighted by Crippen LogP contribution is 2.39. The van der Waals surface area contributed by atoms with E-state index in [9.17, 15) is 9.59 Å². The third-order valence-electron chi connectivity index (χ3n) is 5.85. The number of aliphatic imine (C=N–C) groups is 1. The number of benzene rings is 2. The maximum Gasteiger partial charge on any atom is 0.262 e. The first-order valence-corrected chi connectivity index (χ1v) is 12.9. The van der Waals surface area contributed by atoms with Crippen molar-refractivity contribution in [1.82, 2.24) is 5.01 Å². The highest BCUT2D eigenvalue weighted by Gasteiger charge is 2.39. The molecule has 1 aromatic heterocycles. The van der Waals surface area contributed by atoms with Gasteiger partial charge in [-0.25, -0.2) is 5.01 Å². The van der Waals surface area contributed by atoms with Crippen LogP contribution in [0.4, 0.5) is 5.69 Å². The molecule has 2 atom stereocenters. The van der Waals surface area contributed by atoms with Gasteiger partial charge in [-0.15, -0.1) is 11.3 Å². The molecular formula is C26H24N4O2S2. The maximum absolute atomic E-state index is 12.7. The number of hydrogen-bond acceptors (Lipinski definition) is 6. The molecule has 2 aliphatic rings. The number of amides is 2. The number of amidine groups is 1. The summed E-state index contributed by atoms with van der Waals surface area (Å²) in [6, 6.07) is 20.0. The molecule has 1 N–H and O–H groups in total. The molecule has 34 heavy (non-hydrogen) atoms. The second-order valence-electron chi connectivity index (χ2n) is 8.41. The summed E-state index contributed by atoms with van der Waals surface area (Å²) in [6.07, 6.45) is 0.797. The molecule has 0 fully saturated rings. The van der Waals surface area contributed by atoms with E-state index in [1.807, 2.05) is 66.7 Å². The van der Waals surface area contributed by atoms with Gasteiger partial charge in [-0.1, -0.05) is 65.9 Å². The van der Waals surface area contributed by atoms with Crippen molar-refractivity contribution in [3.8, 4) is 0 Å². The Balaban J connectivity index is 1.32. The third-order valence-corrected chi connectivity index (χ3v) is 7.91. The molecule has 2 amide bonds. The number of nitrogens with one attached hydrogen (secondary N) is 1. The van der Waals surface area contributed by atoms with Crippen LogP contribution in [0.25, 0.3) is 0 Å². The van der Waals surface area contributed by atoms with E-state index in [1.165, 1.54) is 11.8 Å². The number of nitrogens with zero attached hydrogens (tertiary/aromatic N) is 3. The number of hydrazone groups is 1. The summed E-state index contributed by atoms with van der Waals surface area (Å²) in [5.41, 5.74) is 4.99. The number of anilines is 1. The Hall–Kier alpha value is -3.23. The molecule has 0 spiro atoms. The molecule has 2 unspecified atom stereocenters. The molecule has 6 nitrogen and oxygen atoms in total. The highest BCUT2D eigenvalue weighted by atomic mass is 32.2. The van der Waals surface area contributed by atoms with Crippen molar-refractivity contribution in [2.24, 2.45) is 10.1 Å². The standard InChI is InChI=1S/C26H24N4O2S2/c1-16-10-11-19(17(2)13-16)27-24(31)15-23-25(32)28-26(34-23)30-21(18-7-4-3-5-8-18)14-20(29-30)22-9-6-12-33-22/h3-13,21,23H,14-15H2,1-2H3,(H,27,31). The first-order valence-electron chi connectivity index (χ1n) is 11.1. The molecule has 0 saturated carbocycles. The van der Waals surface area contributed by atoms with Crippen LogP contribution in [-0.4, -0.2) is 33.0 Å². The average molecular weight is 489 g/mol. The lowest BCUT2D eigenvalue weighted by molar-refractivity contribution is -0.121. The molecule has 2 aliphatic heterocycles. The lowest BCUT2D eigenvalue weighted by Crippen LogP contribution is -2.25. The van der Waals surface area contributed by atoms with Gasteiger partial charge in [0.15, 0.2) is 5.17 Å². The Morgan fingerprint density at radius 2 is 1.94 bits per heavy atom. The van der Waals surface area contributed by atoms with Crippen molar-refractivity contribution in [2.45, 2.75) is 38.0 Å². The zero-order valence-electron chi connectivity index (χ0n) is 18.9. The van der Waals surface area contributed by atoms with E-state index in [2.05, 4.69) is 28.5 Å². The van der Waals surface area contributed by atoms with E-state index in [0.29, 0.717) is 5.17 Å². The number of rotatable bonds is 5. The SMILES string of the molecule is Cc1ccc(NC(=O)CC2SC(N3N=C(c4cccs4)CC3c3ccccc3)=NC2=O)c(C)c1. The summed E-state index contributed by atoms with van der Waals surface area (Å²) in [5.74, 6) is -0.486. The fraction of sp³-hybridized carbons (Fsp3) is 0.231. The number of carbonyl (C=O) groups is 2. The maximum atomic E-state index is 12.7. The predicted molar refractivity (Wildman–Crippen MR) is 139 cm³/mol. The second-order valence-corrected chi connectivity index (χ2v) is 10.5. The molecule has 0 saturated heterocycles. The Bertz CT molecular complexity index is 1290. The topological polar surface area (TPSA) is 74.1 Å². The third kappa shape index (κ3) is 4.69. The minimum atomic E-state index is -0.557. The normalized spacial score (nSPS) is 19.8. The lowest BCUT2D eigenvalue weighted by atomic mass is 10.0. The number of thioether (sulfide) groups is 1. The second kappa shape index (κ2) is 9.56. The largest absolute Gasteiger partial charge is 0.326 e. The number of thiophene rings is 1. The highest BCUT2D eigenvalue weighted by molar-refractivity contribution is 8.15. The van der Waals surface area contributed by atoms with E-state index >= 15 is 0 Å². The van der Waals surface area contributed by atoms with E-state index < -0.39 is 5.25 Å². The van der Waals surface area contributed by atoms with Crippen LogP contribution in [0.2, 0.25) is 0 Å². The Labute approximate surface area is 206 Å². The van der Waals surface area contributed by atoms with Crippen molar-refractivity contribution in [2.75, 3.05) is 5.32 Å². The first-order chi connectivity index (χ1) is 16.5. The molecule has 8 heteroatoms. The van der Waals surface area contributed by atoms with Gasteiger partial charge in [-0.3, -0.25) is 9.59 Å². The van der Waals surface area contributed by atoms with E-state index in [0.717, 1.165) is 39.4 Å².